The van der Waals surface area contributed by atoms with Gasteiger partial charge in [0.05, 0.1) is 13.5 Å². The molecule has 0 saturated carbocycles. The first kappa shape index (κ1) is 23.1. The molecule has 0 aromatic rings. The van der Waals surface area contributed by atoms with Crippen LogP contribution >= 0.6 is 0 Å². The van der Waals surface area contributed by atoms with E-state index in [9.17, 15) is 9.59 Å². The number of rotatable bonds is 18. The lowest BCUT2D eigenvalue weighted by atomic mass is 10.0. The van der Waals surface area contributed by atoms with Gasteiger partial charge in [0, 0.05) is 12.8 Å². The van der Waals surface area contributed by atoms with Gasteiger partial charge >= 0.3 is 5.97 Å². The third kappa shape index (κ3) is 17.5. The predicted molar refractivity (Wildman–Crippen MR) is 101 cm³/mol. The van der Waals surface area contributed by atoms with E-state index in [1.165, 1.54) is 84.2 Å². The molecule has 24 heavy (non-hydrogen) atoms. The second-order valence-corrected chi connectivity index (χ2v) is 6.96. The third-order valence-corrected chi connectivity index (χ3v) is 4.64. The Morgan fingerprint density at radius 2 is 1.00 bits per heavy atom. The number of unbranched alkanes of at least 4 members (excludes halogenated alkanes) is 13. The number of Topliss-reactive ketones (excluding diaryl/α,β-unsaturated/α-hetero) is 1. The van der Waals surface area contributed by atoms with Crippen molar-refractivity contribution in [3.8, 4) is 0 Å². The fourth-order valence-electron chi connectivity index (χ4n) is 2.99. The maximum absolute atomic E-state index is 11.6. The van der Waals surface area contributed by atoms with Gasteiger partial charge in [0.2, 0.25) is 0 Å². The number of esters is 1. The van der Waals surface area contributed by atoms with Crippen LogP contribution in [-0.4, -0.2) is 18.9 Å². The smallest absolute Gasteiger partial charge is 0.305 e. The summed E-state index contributed by atoms with van der Waals surface area (Å²) < 4.78 is 4.54. The first-order valence-electron chi connectivity index (χ1n) is 10.3. The van der Waals surface area contributed by atoms with Gasteiger partial charge in [-0.2, -0.15) is 0 Å². The van der Waals surface area contributed by atoms with Crippen LogP contribution in [0, 0.1) is 0 Å². The van der Waals surface area contributed by atoms with Gasteiger partial charge in [0.1, 0.15) is 5.78 Å². The van der Waals surface area contributed by atoms with Gasteiger partial charge in [-0.15, -0.1) is 0 Å². The summed E-state index contributed by atoms with van der Waals surface area (Å²) in [5.41, 5.74) is 0. The van der Waals surface area contributed by atoms with Crippen molar-refractivity contribution in [2.24, 2.45) is 0 Å². The van der Waals surface area contributed by atoms with Crippen LogP contribution in [0.15, 0.2) is 0 Å². The average molecular weight is 341 g/mol. The van der Waals surface area contributed by atoms with Crippen molar-refractivity contribution in [2.75, 3.05) is 7.11 Å². The Balaban J connectivity index is 3.14. The van der Waals surface area contributed by atoms with Gasteiger partial charge < -0.3 is 4.74 Å². The van der Waals surface area contributed by atoms with Crippen LogP contribution in [0.4, 0.5) is 0 Å². The van der Waals surface area contributed by atoms with Crippen molar-refractivity contribution in [1.29, 1.82) is 0 Å². The molecule has 142 valence electrons. The highest BCUT2D eigenvalue weighted by Crippen LogP contribution is 2.13. The molecular formula is C21H40O3. The van der Waals surface area contributed by atoms with Gasteiger partial charge in [-0.3, -0.25) is 9.59 Å². The summed E-state index contributed by atoms with van der Waals surface area (Å²) in [6.07, 6.45) is 19.7. The maximum atomic E-state index is 11.6. The largest absolute Gasteiger partial charge is 0.469 e. The first-order valence-corrected chi connectivity index (χ1v) is 10.3. The lowest BCUT2D eigenvalue weighted by Crippen LogP contribution is -2.05. The van der Waals surface area contributed by atoms with E-state index in [1.54, 1.807) is 0 Å². The Morgan fingerprint density at radius 3 is 1.42 bits per heavy atom. The van der Waals surface area contributed by atoms with Gasteiger partial charge in [-0.25, -0.2) is 0 Å². The molecule has 0 bridgehead atoms. The van der Waals surface area contributed by atoms with Crippen LogP contribution < -0.4 is 0 Å². The van der Waals surface area contributed by atoms with E-state index in [0.29, 0.717) is 12.8 Å². The molecule has 0 aromatic heterocycles. The number of hydrogen-bond donors (Lipinski definition) is 0. The molecule has 0 N–H and O–H groups in total. The number of hydrogen-bond acceptors (Lipinski definition) is 3. The summed E-state index contributed by atoms with van der Waals surface area (Å²) in [6, 6.07) is 0. The van der Waals surface area contributed by atoms with Crippen LogP contribution in [0.2, 0.25) is 0 Å². The number of ether oxygens (including phenoxy) is 1. The molecule has 0 unspecified atom stereocenters. The van der Waals surface area contributed by atoms with Gasteiger partial charge in [-0.1, -0.05) is 90.4 Å². The summed E-state index contributed by atoms with van der Waals surface area (Å²) in [5, 5.41) is 0. The molecule has 0 saturated heterocycles. The Labute approximate surface area is 149 Å². The SMILES string of the molecule is CCCCCCCCCCCCCCCCC(=O)CCC(=O)OC. The standard InChI is InChI=1S/C21H40O3/c1-3-4-5-6-7-8-9-10-11-12-13-14-15-16-17-20(22)18-19-21(23)24-2/h3-19H2,1-2H3. The molecule has 0 aliphatic heterocycles. The highest BCUT2D eigenvalue weighted by atomic mass is 16.5. The van der Waals surface area contributed by atoms with E-state index < -0.39 is 0 Å². The minimum atomic E-state index is -0.288. The molecule has 0 aliphatic rings. The molecule has 3 heteroatoms. The molecule has 0 spiro atoms. The summed E-state index contributed by atoms with van der Waals surface area (Å²) >= 11 is 0. The molecular weight excluding hydrogens is 300 g/mol. The second-order valence-electron chi connectivity index (χ2n) is 6.96. The average Bonchev–Trinajstić information content (AvgIpc) is 2.59. The maximum Gasteiger partial charge on any atom is 0.305 e. The monoisotopic (exact) mass is 340 g/mol. The zero-order valence-electron chi connectivity index (χ0n) is 16.2. The third-order valence-electron chi connectivity index (χ3n) is 4.64. The van der Waals surface area contributed by atoms with Crippen molar-refractivity contribution in [1.82, 2.24) is 0 Å². The number of carbonyl (C=O) groups excluding carboxylic acids is 2. The van der Waals surface area contributed by atoms with E-state index in [4.69, 9.17) is 0 Å². The zero-order chi connectivity index (χ0) is 17.9. The van der Waals surface area contributed by atoms with Gasteiger partial charge in [-0.05, 0) is 6.42 Å². The lowest BCUT2D eigenvalue weighted by Gasteiger charge is -2.03. The molecule has 0 heterocycles. The minimum absolute atomic E-state index is 0.194. The lowest BCUT2D eigenvalue weighted by molar-refractivity contribution is -0.141. The molecule has 0 amide bonds. The normalized spacial score (nSPS) is 10.8. The van der Waals surface area contributed by atoms with Crippen LogP contribution in [0.1, 0.15) is 116 Å². The van der Waals surface area contributed by atoms with E-state index in [-0.39, 0.29) is 18.2 Å². The molecule has 0 atom stereocenters. The summed E-state index contributed by atoms with van der Waals surface area (Å²) in [5.74, 6) is -0.0938. The Morgan fingerprint density at radius 1 is 0.583 bits per heavy atom. The van der Waals surface area contributed by atoms with E-state index >= 15 is 0 Å². The topological polar surface area (TPSA) is 43.4 Å². The van der Waals surface area contributed by atoms with Crippen LogP contribution in [0.25, 0.3) is 0 Å². The van der Waals surface area contributed by atoms with E-state index in [0.717, 1.165) is 12.8 Å². The van der Waals surface area contributed by atoms with Gasteiger partial charge in [0.15, 0.2) is 0 Å². The fourth-order valence-corrected chi connectivity index (χ4v) is 2.99. The molecule has 3 nitrogen and oxygen atoms in total. The summed E-state index contributed by atoms with van der Waals surface area (Å²) in [6.45, 7) is 2.27. The first-order chi connectivity index (χ1) is 11.7. The van der Waals surface area contributed by atoms with E-state index in [1.807, 2.05) is 0 Å². The summed E-state index contributed by atoms with van der Waals surface area (Å²) in [7, 11) is 1.36. The molecule has 0 aliphatic carbocycles. The van der Waals surface area contributed by atoms with Crippen molar-refractivity contribution >= 4 is 11.8 Å². The highest BCUT2D eigenvalue weighted by Gasteiger charge is 2.06. The van der Waals surface area contributed by atoms with Crippen molar-refractivity contribution < 1.29 is 14.3 Å². The van der Waals surface area contributed by atoms with Gasteiger partial charge in [0.25, 0.3) is 0 Å². The molecule has 0 radical (unpaired) electrons. The highest BCUT2D eigenvalue weighted by molar-refractivity contribution is 5.82. The van der Waals surface area contributed by atoms with Crippen LogP contribution in [0.3, 0.4) is 0 Å². The zero-order valence-corrected chi connectivity index (χ0v) is 16.2. The molecule has 0 fully saturated rings. The second kappa shape index (κ2) is 18.5. The number of methoxy groups -OCH3 is 1. The van der Waals surface area contributed by atoms with Crippen molar-refractivity contribution in [3.63, 3.8) is 0 Å². The van der Waals surface area contributed by atoms with Crippen molar-refractivity contribution in [3.05, 3.63) is 0 Å². The molecule has 0 rings (SSSR count). The van der Waals surface area contributed by atoms with E-state index in [2.05, 4.69) is 11.7 Å². The molecule has 0 aromatic carbocycles. The predicted octanol–water partition coefficient (Wildman–Crippen LogP) is 6.38. The van der Waals surface area contributed by atoms with Crippen molar-refractivity contribution in [2.45, 2.75) is 116 Å². The Hall–Kier alpha value is -0.860. The Kier molecular flexibility index (Phi) is 17.8. The quantitative estimate of drug-likeness (QED) is 0.215. The fraction of sp³-hybridized carbons (Fsp3) is 0.905. The Bertz CT molecular complexity index is 299. The van der Waals surface area contributed by atoms with Crippen LogP contribution in [0.5, 0.6) is 0 Å². The minimum Gasteiger partial charge on any atom is -0.469 e. The van der Waals surface area contributed by atoms with Crippen LogP contribution in [-0.2, 0) is 14.3 Å². The number of carbonyl (C=O) groups is 2. The summed E-state index contributed by atoms with van der Waals surface area (Å²) in [4.78, 5) is 22.5. The number of ketones is 1.